The van der Waals surface area contributed by atoms with E-state index >= 15 is 0 Å². The largest absolute Gasteiger partial charge is 0.549 e. The summed E-state index contributed by atoms with van der Waals surface area (Å²) in [6, 6.07) is 17.8. The van der Waals surface area contributed by atoms with Crippen LogP contribution in [0.25, 0.3) is 22.2 Å². The lowest BCUT2D eigenvalue weighted by atomic mass is 10.1. The third-order valence-corrected chi connectivity index (χ3v) is 4.15. The van der Waals surface area contributed by atoms with Gasteiger partial charge in [-0.25, -0.2) is 0 Å². The molecule has 20 heavy (non-hydrogen) atoms. The van der Waals surface area contributed by atoms with Gasteiger partial charge in [0.1, 0.15) is 0 Å². The SMILES string of the molecule is O=C([O-])CSc1c(-c2ccccc2)[nH]c2ccccc12. The van der Waals surface area contributed by atoms with Crippen molar-refractivity contribution in [1.29, 1.82) is 0 Å². The fourth-order valence-electron chi connectivity index (χ4n) is 2.21. The Kier molecular flexibility index (Phi) is 3.48. The van der Waals surface area contributed by atoms with Crippen LogP contribution in [0.5, 0.6) is 0 Å². The first-order valence-corrected chi connectivity index (χ1v) is 7.23. The van der Waals surface area contributed by atoms with Gasteiger partial charge in [-0.2, -0.15) is 0 Å². The average Bonchev–Trinajstić information content (AvgIpc) is 2.84. The van der Waals surface area contributed by atoms with Crippen molar-refractivity contribution in [3.8, 4) is 11.3 Å². The highest BCUT2D eigenvalue weighted by atomic mass is 32.2. The predicted molar refractivity (Wildman–Crippen MR) is 79.5 cm³/mol. The summed E-state index contributed by atoms with van der Waals surface area (Å²) in [5.41, 5.74) is 3.01. The maximum atomic E-state index is 10.7. The van der Waals surface area contributed by atoms with Gasteiger partial charge >= 0.3 is 0 Å². The second-order valence-corrected chi connectivity index (χ2v) is 5.39. The minimum atomic E-state index is -1.06. The van der Waals surface area contributed by atoms with Crippen LogP contribution in [-0.4, -0.2) is 16.7 Å². The number of benzene rings is 2. The summed E-state index contributed by atoms with van der Waals surface area (Å²) >= 11 is 1.29. The van der Waals surface area contributed by atoms with E-state index < -0.39 is 5.97 Å². The molecule has 0 bridgehead atoms. The molecule has 0 aliphatic heterocycles. The molecule has 1 heterocycles. The summed E-state index contributed by atoms with van der Waals surface area (Å²) < 4.78 is 0. The molecule has 3 rings (SSSR count). The molecule has 0 aliphatic rings. The molecule has 3 nitrogen and oxygen atoms in total. The second kappa shape index (κ2) is 5.43. The maximum absolute atomic E-state index is 10.7. The van der Waals surface area contributed by atoms with Crippen LogP contribution in [0.2, 0.25) is 0 Å². The number of aromatic amines is 1. The highest BCUT2D eigenvalue weighted by molar-refractivity contribution is 8.00. The van der Waals surface area contributed by atoms with Gasteiger partial charge in [-0.1, -0.05) is 48.5 Å². The number of carbonyl (C=O) groups is 1. The van der Waals surface area contributed by atoms with Crippen molar-refractivity contribution in [2.75, 3.05) is 5.75 Å². The van der Waals surface area contributed by atoms with Crippen molar-refractivity contribution in [2.24, 2.45) is 0 Å². The van der Waals surface area contributed by atoms with Crippen molar-refractivity contribution in [3.05, 3.63) is 54.6 Å². The quantitative estimate of drug-likeness (QED) is 0.748. The Bertz CT molecular complexity index is 750. The topological polar surface area (TPSA) is 55.9 Å². The Morgan fingerprint density at radius 2 is 1.75 bits per heavy atom. The van der Waals surface area contributed by atoms with E-state index in [2.05, 4.69) is 4.98 Å². The number of carboxylic acids is 1. The van der Waals surface area contributed by atoms with Gasteiger partial charge in [0.05, 0.1) is 11.7 Å². The fraction of sp³-hybridized carbons (Fsp3) is 0.0625. The van der Waals surface area contributed by atoms with Gasteiger partial charge in [-0.05, 0) is 11.6 Å². The molecular formula is C16H12NO2S-. The van der Waals surface area contributed by atoms with Crippen LogP contribution in [0.4, 0.5) is 0 Å². The highest BCUT2D eigenvalue weighted by Gasteiger charge is 2.13. The van der Waals surface area contributed by atoms with Crippen LogP contribution in [0.15, 0.2) is 59.5 Å². The number of aliphatic carboxylic acids is 1. The first-order chi connectivity index (χ1) is 9.75. The first-order valence-electron chi connectivity index (χ1n) is 6.24. The van der Waals surface area contributed by atoms with E-state index in [-0.39, 0.29) is 5.75 Å². The minimum absolute atomic E-state index is 0.0539. The van der Waals surface area contributed by atoms with E-state index in [1.54, 1.807) is 0 Å². The van der Waals surface area contributed by atoms with Crippen LogP contribution < -0.4 is 5.11 Å². The molecule has 3 aromatic rings. The summed E-state index contributed by atoms with van der Waals surface area (Å²) in [5, 5.41) is 11.8. The molecule has 4 heteroatoms. The molecule has 1 N–H and O–H groups in total. The molecule has 0 fully saturated rings. The highest BCUT2D eigenvalue weighted by Crippen LogP contribution is 2.37. The summed E-state index contributed by atoms with van der Waals surface area (Å²) in [7, 11) is 0. The zero-order chi connectivity index (χ0) is 13.9. The van der Waals surface area contributed by atoms with Gasteiger partial charge in [0.15, 0.2) is 0 Å². The van der Waals surface area contributed by atoms with E-state index in [0.29, 0.717) is 0 Å². The Morgan fingerprint density at radius 3 is 2.50 bits per heavy atom. The number of carboxylic acid groups (broad SMARTS) is 1. The zero-order valence-electron chi connectivity index (χ0n) is 10.6. The van der Waals surface area contributed by atoms with E-state index in [0.717, 1.165) is 27.1 Å². The lowest BCUT2D eigenvalue weighted by Gasteiger charge is -2.05. The van der Waals surface area contributed by atoms with Gasteiger partial charge in [0.2, 0.25) is 0 Å². The molecule has 0 saturated heterocycles. The summed E-state index contributed by atoms with van der Waals surface area (Å²) in [5.74, 6) is -1.11. The van der Waals surface area contributed by atoms with Crippen molar-refractivity contribution in [1.82, 2.24) is 4.98 Å². The standard InChI is InChI=1S/C16H13NO2S/c18-14(19)10-20-16-12-8-4-5-9-13(12)17-15(16)11-6-2-1-3-7-11/h1-9,17H,10H2,(H,18,19)/p-1. The van der Waals surface area contributed by atoms with Gasteiger partial charge in [-0.15, -0.1) is 11.8 Å². The molecule has 2 aromatic carbocycles. The van der Waals surface area contributed by atoms with E-state index in [9.17, 15) is 9.90 Å². The molecule has 0 unspecified atom stereocenters. The monoisotopic (exact) mass is 282 g/mol. The number of para-hydroxylation sites is 1. The first kappa shape index (κ1) is 12.8. The van der Waals surface area contributed by atoms with Gasteiger partial charge in [-0.3, -0.25) is 0 Å². The van der Waals surface area contributed by atoms with Crippen LogP contribution in [-0.2, 0) is 4.79 Å². The fourth-order valence-corrected chi connectivity index (χ4v) is 3.11. The molecule has 1 aromatic heterocycles. The lowest BCUT2D eigenvalue weighted by molar-refractivity contribution is -0.301. The number of rotatable bonds is 4. The van der Waals surface area contributed by atoms with Gasteiger partial charge < -0.3 is 14.9 Å². The predicted octanol–water partition coefficient (Wildman–Crippen LogP) is 2.68. The molecule has 0 amide bonds. The number of thioether (sulfide) groups is 1. The normalized spacial score (nSPS) is 10.8. The maximum Gasteiger partial charge on any atom is 0.0603 e. The molecule has 0 aliphatic carbocycles. The smallest absolute Gasteiger partial charge is 0.0603 e. The van der Waals surface area contributed by atoms with Crippen LogP contribution in [0.3, 0.4) is 0 Å². The van der Waals surface area contributed by atoms with Crippen molar-refractivity contribution in [2.45, 2.75) is 4.90 Å². The van der Waals surface area contributed by atoms with Crippen LogP contribution in [0, 0.1) is 0 Å². The number of fused-ring (bicyclic) bond motifs is 1. The lowest BCUT2D eigenvalue weighted by Crippen LogP contribution is -2.24. The Morgan fingerprint density at radius 1 is 1.05 bits per heavy atom. The van der Waals surface area contributed by atoms with Crippen molar-refractivity contribution < 1.29 is 9.90 Å². The van der Waals surface area contributed by atoms with Crippen LogP contribution >= 0.6 is 11.8 Å². The molecule has 0 saturated carbocycles. The number of aromatic nitrogens is 1. The van der Waals surface area contributed by atoms with Gasteiger partial charge in [0, 0.05) is 21.6 Å². The minimum Gasteiger partial charge on any atom is -0.549 e. The van der Waals surface area contributed by atoms with Crippen molar-refractivity contribution >= 4 is 28.6 Å². The summed E-state index contributed by atoms with van der Waals surface area (Å²) in [4.78, 5) is 15.1. The van der Waals surface area contributed by atoms with E-state index in [4.69, 9.17) is 0 Å². The van der Waals surface area contributed by atoms with E-state index in [1.165, 1.54) is 11.8 Å². The number of nitrogens with one attached hydrogen (secondary N) is 1. The Labute approximate surface area is 120 Å². The molecule has 0 spiro atoms. The number of H-pyrrole nitrogens is 1. The average molecular weight is 282 g/mol. The number of carbonyl (C=O) groups excluding carboxylic acids is 1. The Hall–Kier alpha value is -2.20. The third kappa shape index (κ3) is 2.42. The Balaban J connectivity index is 2.15. The van der Waals surface area contributed by atoms with E-state index in [1.807, 2.05) is 54.6 Å². The molecule has 100 valence electrons. The number of hydrogen-bond donors (Lipinski definition) is 1. The summed E-state index contributed by atoms with van der Waals surface area (Å²) in [6.07, 6.45) is 0. The summed E-state index contributed by atoms with van der Waals surface area (Å²) in [6.45, 7) is 0. The molecule has 0 atom stereocenters. The number of hydrogen-bond acceptors (Lipinski definition) is 3. The second-order valence-electron chi connectivity index (χ2n) is 4.40. The third-order valence-electron chi connectivity index (χ3n) is 3.06. The van der Waals surface area contributed by atoms with Gasteiger partial charge in [0.25, 0.3) is 0 Å². The molecular weight excluding hydrogens is 270 g/mol. The zero-order valence-corrected chi connectivity index (χ0v) is 11.4. The van der Waals surface area contributed by atoms with Crippen molar-refractivity contribution in [3.63, 3.8) is 0 Å². The van der Waals surface area contributed by atoms with Crippen LogP contribution in [0.1, 0.15) is 0 Å². The molecule has 0 radical (unpaired) electrons.